The Morgan fingerprint density at radius 3 is 2.47 bits per heavy atom. The molecular weight excluding hydrogens is 436 g/mol. The Morgan fingerprint density at radius 2 is 1.78 bits per heavy atom. The smallest absolute Gasteiger partial charge is 0.422 e. The fourth-order valence-electron chi connectivity index (χ4n) is 4.74. The zero-order valence-corrected chi connectivity index (χ0v) is 17.1. The lowest BCUT2D eigenvalue weighted by atomic mass is 9.76. The van der Waals surface area contributed by atoms with Crippen molar-refractivity contribution in [3.8, 4) is 5.75 Å². The average Bonchev–Trinajstić information content (AvgIpc) is 3.16. The molecule has 2 saturated heterocycles. The number of benzene rings is 2. The topological polar surface area (TPSA) is 30.5 Å². The molecule has 32 heavy (non-hydrogen) atoms. The van der Waals surface area contributed by atoms with E-state index >= 15 is 0 Å². The standard InChI is InChI=1S/C23H23F6NO2/c24-22(25,26)14-31-19-8-7-17(23(27,28)29)11-18(19)16-12-21(32-13-16)9-4-10-30-20(21)15-5-2-1-3-6-15/h1-3,5-8,11,16,20,30H,4,9-10,12-14H2/t16-,20-,21+/m0/s1. The first-order chi connectivity index (χ1) is 15.1. The first kappa shape index (κ1) is 22.9. The van der Waals surface area contributed by atoms with Crippen molar-refractivity contribution in [2.75, 3.05) is 19.8 Å². The van der Waals surface area contributed by atoms with Gasteiger partial charge in [-0.3, -0.25) is 0 Å². The molecule has 2 aliphatic heterocycles. The molecule has 3 atom stereocenters. The van der Waals surface area contributed by atoms with E-state index < -0.39 is 36.0 Å². The lowest BCUT2D eigenvalue weighted by Crippen LogP contribution is -2.48. The Kier molecular flexibility index (Phi) is 6.15. The molecule has 1 spiro atoms. The van der Waals surface area contributed by atoms with Gasteiger partial charge in [0, 0.05) is 11.5 Å². The average molecular weight is 459 g/mol. The second-order valence-electron chi connectivity index (χ2n) is 8.33. The molecule has 0 bridgehead atoms. The third kappa shape index (κ3) is 4.88. The summed E-state index contributed by atoms with van der Waals surface area (Å²) in [6.45, 7) is -0.689. The molecule has 9 heteroatoms. The molecule has 3 nitrogen and oxygen atoms in total. The van der Waals surface area contributed by atoms with Crippen molar-refractivity contribution in [3.63, 3.8) is 0 Å². The van der Waals surface area contributed by atoms with Crippen molar-refractivity contribution in [1.29, 1.82) is 0 Å². The largest absolute Gasteiger partial charge is 0.484 e. The third-order valence-corrected chi connectivity index (χ3v) is 6.12. The molecule has 4 rings (SSSR count). The van der Waals surface area contributed by atoms with Crippen LogP contribution in [0.1, 0.15) is 47.9 Å². The predicted octanol–water partition coefficient (Wildman–Crippen LogP) is 6.01. The first-order valence-corrected chi connectivity index (χ1v) is 10.4. The van der Waals surface area contributed by atoms with E-state index in [2.05, 4.69) is 5.32 Å². The van der Waals surface area contributed by atoms with E-state index in [1.807, 2.05) is 30.3 Å². The summed E-state index contributed by atoms with van der Waals surface area (Å²) >= 11 is 0. The summed E-state index contributed by atoms with van der Waals surface area (Å²) in [6.07, 6.45) is -7.31. The van der Waals surface area contributed by atoms with Crippen LogP contribution in [0.25, 0.3) is 0 Å². The maximum absolute atomic E-state index is 13.3. The van der Waals surface area contributed by atoms with Crippen LogP contribution in [0.3, 0.4) is 0 Å². The third-order valence-electron chi connectivity index (χ3n) is 6.12. The summed E-state index contributed by atoms with van der Waals surface area (Å²) in [7, 11) is 0. The predicted molar refractivity (Wildman–Crippen MR) is 105 cm³/mol. The fourth-order valence-corrected chi connectivity index (χ4v) is 4.74. The maximum Gasteiger partial charge on any atom is 0.422 e. The fraction of sp³-hybridized carbons (Fsp3) is 0.478. The van der Waals surface area contributed by atoms with Crippen molar-refractivity contribution in [2.24, 2.45) is 0 Å². The van der Waals surface area contributed by atoms with Crippen LogP contribution in [0.15, 0.2) is 48.5 Å². The van der Waals surface area contributed by atoms with Crippen LogP contribution in [0.4, 0.5) is 26.3 Å². The van der Waals surface area contributed by atoms with Crippen LogP contribution in [0.2, 0.25) is 0 Å². The van der Waals surface area contributed by atoms with E-state index in [-0.39, 0.29) is 24.0 Å². The highest BCUT2D eigenvalue weighted by molar-refractivity contribution is 5.42. The quantitative estimate of drug-likeness (QED) is 0.568. The normalized spacial score (nSPS) is 26.4. The summed E-state index contributed by atoms with van der Waals surface area (Å²) in [5.74, 6) is -0.715. The minimum absolute atomic E-state index is 0.0957. The number of nitrogens with one attached hydrogen (secondary N) is 1. The molecule has 0 aromatic heterocycles. The van der Waals surface area contributed by atoms with Gasteiger partial charge in [0.05, 0.1) is 23.8 Å². The second kappa shape index (κ2) is 8.59. The molecule has 2 aromatic rings. The van der Waals surface area contributed by atoms with Crippen LogP contribution in [0, 0.1) is 0 Å². The van der Waals surface area contributed by atoms with Crippen LogP contribution < -0.4 is 10.1 Å². The molecule has 2 aromatic carbocycles. The van der Waals surface area contributed by atoms with Crippen LogP contribution in [-0.2, 0) is 10.9 Å². The van der Waals surface area contributed by atoms with Gasteiger partial charge in [-0.25, -0.2) is 0 Å². The molecular formula is C23H23F6NO2. The lowest BCUT2D eigenvalue weighted by molar-refractivity contribution is -0.153. The van der Waals surface area contributed by atoms with Crippen molar-refractivity contribution in [1.82, 2.24) is 5.32 Å². The Morgan fingerprint density at radius 1 is 1.03 bits per heavy atom. The molecule has 2 aliphatic rings. The SMILES string of the molecule is FC(F)(F)COc1ccc(C(F)(F)F)cc1[C@@H]1CO[C@]2(CCCN[C@H]2c2ccccc2)C1. The van der Waals surface area contributed by atoms with E-state index in [0.29, 0.717) is 12.8 Å². The highest BCUT2D eigenvalue weighted by Gasteiger charge is 2.49. The summed E-state index contributed by atoms with van der Waals surface area (Å²) in [6, 6.07) is 12.1. The molecule has 0 aliphatic carbocycles. The van der Waals surface area contributed by atoms with E-state index in [1.165, 1.54) is 0 Å². The number of rotatable bonds is 4. The van der Waals surface area contributed by atoms with Crippen LogP contribution >= 0.6 is 0 Å². The van der Waals surface area contributed by atoms with E-state index in [1.54, 1.807) is 0 Å². The van der Waals surface area contributed by atoms with E-state index in [9.17, 15) is 26.3 Å². The van der Waals surface area contributed by atoms with Crippen molar-refractivity contribution in [3.05, 3.63) is 65.2 Å². The van der Waals surface area contributed by atoms with Crippen molar-refractivity contribution >= 4 is 0 Å². The van der Waals surface area contributed by atoms with Gasteiger partial charge in [0.2, 0.25) is 0 Å². The van der Waals surface area contributed by atoms with Gasteiger partial charge in [-0.05, 0) is 49.6 Å². The number of alkyl halides is 6. The molecule has 0 amide bonds. The monoisotopic (exact) mass is 459 g/mol. The van der Waals surface area contributed by atoms with Gasteiger partial charge in [-0.15, -0.1) is 0 Å². The number of piperidine rings is 1. The molecule has 2 fully saturated rings. The molecule has 0 radical (unpaired) electrons. The minimum Gasteiger partial charge on any atom is -0.484 e. The lowest BCUT2D eigenvalue weighted by Gasteiger charge is -2.41. The highest BCUT2D eigenvalue weighted by atomic mass is 19.4. The van der Waals surface area contributed by atoms with Gasteiger partial charge in [0.25, 0.3) is 0 Å². The summed E-state index contributed by atoms with van der Waals surface area (Å²) in [5, 5.41) is 3.45. The molecule has 0 saturated carbocycles. The van der Waals surface area contributed by atoms with Gasteiger partial charge in [0.15, 0.2) is 6.61 Å². The van der Waals surface area contributed by atoms with Gasteiger partial charge < -0.3 is 14.8 Å². The summed E-state index contributed by atoms with van der Waals surface area (Å²) < 4.78 is 89.2. The highest BCUT2D eigenvalue weighted by Crippen LogP contribution is 2.50. The summed E-state index contributed by atoms with van der Waals surface area (Å²) in [5.41, 5.74) is -0.474. The Labute approximate surface area is 181 Å². The number of halogens is 6. The number of hydrogen-bond acceptors (Lipinski definition) is 3. The van der Waals surface area contributed by atoms with Crippen molar-refractivity contribution < 1.29 is 35.8 Å². The summed E-state index contributed by atoms with van der Waals surface area (Å²) in [4.78, 5) is 0. The Hall–Kier alpha value is -2.26. The van der Waals surface area contributed by atoms with E-state index in [4.69, 9.17) is 9.47 Å². The van der Waals surface area contributed by atoms with Crippen molar-refractivity contribution in [2.45, 2.75) is 49.2 Å². The zero-order chi connectivity index (χ0) is 23.0. The van der Waals surface area contributed by atoms with Gasteiger partial charge in [-0.2, -0.15) is 26.3 Å². The van der Waals surface area contributed by atoms with E-state index in [0.717, 1.165) is 36.7 Å². The number of ether oxygens (including phenoxy) is 2. The zero-order valence-electron chi connectivity index (χ0n) is 17.1. The molecule has 0 unspecified atom stereocenters. The Balaban J connectivity index is 1.65. The van der Waals surface area contributed by atoms with Crippen LogP contribution in [0.5, 0.6) is 5.75 Å². The molecule has 2 heterocycles. The molecule has 1 N–H and O–H groups in total. The number of hydrogen-bond donors (Lipinski definition) is 1. The van der Waals surface area contributed by atoms with Gasteiger partial charge >= 0.3 is 12.4 Å². The minimum atomic E-state index is -4.62. The van der Waals surface area contributed by atoms with Gasteiger partial charge in [0.1, 0.15) is 5.75 Å². The Bertz CT molecular complexity index is 930. The maximum atomic E-state index is 13.3. The van der Waals surface area contributed by atoms with Crippen LogP contribution in [-0.4, -0.2) is 31.5 Å². The van der Waals surface area contributed by atoms with Gasteiger partial charge in [-0.1, -0.05) is 30.3 Å². The molecule has 174 valence electrons. The second-order valence-corrected chi connectivity index (χ2v) is 8.33. The first-order valence-electron chi connectivity index (χ1n) is 10.4.